The summed E-state index contributed by atoms with van der Waals surface area (Å²) in [4.78, 5) is 11.8. The second-order valence-corrected chi connectivity index (χ2v) is 11.3. The summed E-state index contributed by atoms with van der Waals surface area (Å²) in [6.45, 7) is 9.72. The SMILES string of the molecule is Cc1nc(CNC23COC(c4nc5c(C)cc(N6CC[C@](C)(c7ccccc7)C6)cn5n4)(C2)C3)n[nH]1. The molecule has 0 radical (unpaired) electrons. The minimum Gasteiger partial charge on any atom is -0.369 e. The Morgan fingerprint density at radius 3 is 2.75 bits per heavy atom. The lowest BCUT2D eigenvalue weighted by Crippen LogP contribution is -2.56. The number of fused-ring (bicyclic) bond motifs is 2. The molecule has 9 heteroatoms. The second-order valence-electron chi connectivity index (χ2n) is 11.3. The maximum Gasteiger partial charge on any atom is 0.183 e. The van der Waals surface area contributed by atoms with Crippen molar-refractivity contribution in [2.24, 2.45) is 0 Å². The first kappa shape index (κ1) is 21.9. The number of hydrogen-bond donors (Lipinski definition) is 2. The summed E-state index contributed by atoms with van der Waals surface area (Å²) in [5, 5.41) is 15.7. The van der Waals surface area contributed by atoms with E-state index in [9.17, 15) is 0 Å². The summed E-state index contributed by atoms with van der Waals surface area (Å²) in [6.07, 6.45) is 5.01. The van der Waals surface area contributed by atoms with Crippen molar-refractivity contribution in [3.8, 4) is 0 Å². The summed E-state index contributed by atoms with van der Waals surface area (Å²) in [5.74, 6) is 2.41. The van der Waals surface area contributed by atoms with Crippen LogP contribution in [0.25, 0.3) is 5.65 Å². The van der Waals surface area contributed by atoms with E-state index in [1.807, 2.05) is 11.4 Å². The van der Waals surface area contributed by atoms with Gasteiger partial charge in [-0.2, -0.15) is 5.10 Å². The first-order valence-electron chi connectivity index (χ1n) is 12.8. The van der Waals surface area contributed by atoms with Crippen molar-refractivity contribution < 1.29 is 4.74 Å². The average Bonchev–Trinajstić information content (AvgIpc) is 3.66. The predicted octanol–water partition coefficient (Wildman–Crippen LogP) is 3.18. The van der Waals surface area contributed by atoms with Crippen LogP contribution in [-0.2, 0) is 22.3 Å². The molecule has 4 aromatic rings. The minimum absolute atomic E-state index is 0.0519. The summed E-state index contributed by atoms with van der Waals surface area (Å²) >= 11 is 0. The molecule has 36 heavy (non-hydrogen) atoms. The molecular formula is C27H32N8O. The van der Waals surface area contributed by atoms with Gasteiger partial charge in [-0.1, -0.05) is 37.3 Å². The third-order valence-corrected chi connectivity index (χ3v) is 8.46. The quantitative estimate of drug-likeness (QED) is 0.434. The van der Waals surface area contributed by atoms with Gasteiger partial charge in [0.2, 0.25) is 0 Å². The first-order chi connectivity index (χ1) is 17.4. The van der Waals surface area contributed by atoms with Gasteiger partial charge in [-0.05, 0) is 37.5 Å². The lowest BCUT2D eigenvalue weighted by atomic mass is 9.68. The molecule has 0 amide bonds. The van der Waals surface area contributed by atoms with Crippen molar-refractivity contribution in [2.45, 2.75) is 63.1 Å². The molecule has 6 heterocycles. The number of hydrogen-bond acceptors (Lipinski definition) is 7. The van der Waals surface area contributed by atoms with Crippen molar-refractivity contribution in [3.05, 3.63) is 71.2 Å². The standard InChI is InChI=1S/C27H32N8O/c1-18-11-21(34-10-9-25(3,16-34)20-7-5-4-6-8-20)13-35-23(18)30-24(33-35)27-14-26(15-27,17-36-27)28-12-22-29-19(2)31-32-22/h4-8,11,13,28H,9-10,12,14-17H2,1-3H3,(H,29,31,32)/t25-,26?,27?/m0/s1. The fourth-order valence-corrected chi connectivity index (χ4v) is 6.41. The van der Waals surface area contributed by atoms with Crippen LogP contribution in [0.15, 0.2) is 42.6 Å². The maximum absolute atomic E-state index is 6.31. The highest BCUT2D eigenvalue weighted by Gasteiger charge is 2.65. The number of nitrogens with zero attached hydrogens (tertiary/aromatic N) is 6. The van der Waals surface area contributed by atoms with Gasteiger partial charge in [-0.25, -0.2) is 14.5 Å². The van der Waals surface area contributed by atoms with Gasteiger partial charge in [0.1, 0.15) is 11.4 Å². The van der Waals surface area contributed by atoms with Crippen LogP contribution in [0.5, 0.6) is 0 Å². The molecule has 3 aromatic heterocycles. The Bertz CT molecular complexity index is 1440. The zero-order chi connectivity index (χ0) is 24.5. The maximum atomic E-state index is 6.31. The van der Waals surface area contributed by atoms with Gasteiger partial charge in [-0.15, -0.1) is 5.10 Å². The molecular weight excluding hydrogens is 452 g/mol. The molecule has 3 saturated heterocycles. The van der Waals surface area contributed by atoms with Crippen LogP contribution in [0.4, 0.5) is 5.69 Å². The summed E-state index contributed by atoms with van der Waals surface area (Å²) in [7, 11) is 0. The number of aromatic amines is 1. The Balaban J connectivity index is 1.10. The predicted molar refractivity (Wildman–Crippen MR) is 136 cm³/mol. The first-order valence-corrected chi connectivity index (χ1v) is 12.8. The number of aromatic nitrogens is 6. The Morgan fingerprint density at radius 1 is 1.14 bits per heavy atom. The van der Waals surface area contributed by atoms with Crippen LogP contribution in [0.2, 0.25) is 0 Å². The monoisotopic (exact) mass is 484 g/mol. The number of nitrogens with one attached hydrogen (secondary N) is 2. The van der Waals surface area contributed by atoms with Crippen LogP contribution >= 0.6 is 0 Å². The summed E-state index contributed by atoms with van der Waals surface area (Å²) in [6, 6.07) is 13.1. The molecule has 2 bridgehead atoms. The molecule has 3 aliphatic heterocycles. The molecule has 1 atom stereocenters. The molecule has 4 aliphatic rings. The zero-order valence-electron chi connectivity index (χ0n) is 21.1. The van der Waals surface area contributed by atoms with E-state index >= 15 is 0 Å². The van der Waals surface area contributed by atoms with Gasteiger partial charge in [0.15, 0.2) is 17.3 Å². The molecule has 1 aromatic carbocycles. The van der Waals surface area contributed by atoms with Crippen molar-refractivity contribution in [3.63, 3.8) is 0 Å². The number of anilines is 1. The molecule has 9 nitrogen and oxygen atoms in total. The number of rotatable bonds is 6. The molecule has 1 saturated carbocycles. The van der Waals surface area contributed by atoms with Gasteiger partial charge in [0.25, 0.3) is 0 Å². The van der Waals surface area contributed by atoms with E-state index in [-0.39, 0.29) is 11.0 Å². The third kappa shape index (κ3) is 3.37. The van der Waals surface area contributed by atoms with Gasteiger partial charge in [-0.3, -0.25) is 5.10 Å². The van der Waals surface area contributed by atoms with Gasteiger partial charge in [0.05, 0.1) is 25.0 Å². The average molecular weight is 485 g/mol. The molecule has 2 N–H and O–H groups in total. The summed E-state index contributed by atoms with van der Waals surface area (Å²) in [5.41, 5.74) is 4.35. The van der Waals surface area contributed by atoms with Crippen LogP contribution in [0.1, 0.15) is 54.8 Å². The fourth-order valence-electron chi connectivity index (χ4n) is 6.41. The van der Waals surface area contributed by atoms with Crippen LogP contribution < -0.4 is 10.2 Å². The molecule has 4 fully saturated rings. The Kier molecular flexibility index (Phi) is 4.63. The van der Waals surface area contributed by atoms with Gasteiger partial charge in [0, 0.05) is 36.9 Å². The van der Waals surface area contributed by atoms with Gasteiger partial charge >= 0.3 is 0 Å². The molecule has 0 unspecified atom stereocenters. The van der Waals surface area contributed by atoms with E-state index in [0.717, 1.165) is 61.0 Å². The van der Waals surface area contributed by atoms with E-state index in [1.54, 1.807) is 0 Å². The minimum atomic E-state index is -0.403. The topological polar surface area (TPSA) is 96.3 Å². The normalized spacial score (nSPS) is 29.2. The van der Waals surface area contributed by atoms with E-state index in [1.165, 1.54) is 11.3 Å². The Labute approximate surface area is 210 Å². The Hall–Kier alpha value is -3.30. The molecule has 186 valence electrons. The summed E-state index contributed by atoms with van der Waals surface area (Å²) < 4.78 is 8.27. The van der Waals surface area contributed by atoms with E-state index < -0.39 is 5.60 Å². The Morgan fingerprint density at radius 2 is 1.97 bits per heavy atom. The van der Waals surface area contributed by atoms with Crippen molar-refractivity contribution >= 4 is 11.3 Å². The third-order valence-electron chi connectivity index (χ3n) is 8.46. The van der Waals surface area contributed by atoms with Crippen LogP contribution in [0, 0.1) is 13.8 Å². The highest BCUT2D eigenvalue weighted by atomic mass is 16.5. The number of pyridine rings is 1. The van der Waals surface area contributed by atoms with Crippen molar-refractivity contribution in [2.75, 3.05) is 24.6 Å². The van der Waals surface area contributed by atoms with E-state index in [0.29, 0.717) is 13.2 Å². The van der Waals surface area contributed by atoms with Crippen LogP contribution in [-0.4, -0.2) is 55.0 Å². The fraction of sp³-hybridized carbons (Fsp3) is 0.481. The van der Waals surface area contributed by atoms with Crippen molar-refractivity contribution in [1.29, 1.82) is 0 Å². The highest BCUT2D eigenvalue weighted by Crippen LogP contribution is 2.57. The molecule has 0 spiro atoms. The number of H-pyrrole nitrogens is 1. The highest BCUT2D eigenvalue weighted by molar-refractivity contribution is 5.58. The lowest BCUT2D eigenvalue weighted by molar-refractivity contribution is -0.0191. The number of aryl methyl sites for hydroxylation is 2. The van der Waals surface area contributed by atoms with Crippen molar-refractivity contribution in [1.82, 2.24) is 35.1 Å². The second kappa shape index (κ2) is 7.60. The smallest absolute Gasteiger partial charge is 0.183 e. The largest absolute Gasteiger partial charge is 0.369 e. The van der Waals surface area contributed by atoms with Gasteiger partial charge < -0.3 is 15.0 Å². The number of ether oxygens (including phenoxy) is 1. The zero-order valence-corrected chi connectivity index (χ0v) is 21.1. The van der Waals surface area contributed by atoms with E-state index in [2.05, 4.69) is 81.8 Å². The number of benzene rings is 1. The molecule has 8 rings (SSSR count). The molecule has 1 aliphatic carbocycles. The van der Waals surface area contributed by atoms with Crippen LogP contribution in [0.3, 0.4) is 0 Å². The lowest BCUT2D eigenvalue weighted by Gasteiger charge is -2.43. The van der Waals surface area contributed by atoms with E-state index in [4.69, 9.17) is 14.8 Å².